The zero-order valence-electron chi connectivity index (χ0n) is 20.9. The maximum atomic E-state index is 14.6. The molecule has 4 aromatic rings. The number of nitrogens with zero attached hydrogens (tertiary/aromatic N) is 4. The van der Waals surface area contributed by atoms with Gasteiger partial charge in [-0.25, -0.2) is 14.4 Å². The molecule has 1 aromatic carbocycles. The molecule has 0 radical (unpaired) electrons. The van der Waals surface area contributed by atoms with E-state index >= 15 is 0 Å². The predicted molar refractivity (Wildman–Crippen MR) is 134 cm³/mol. The molecule has 1 aliphatic rings. The molecule has 6 nitrogen and oxygen atoms in total. The molecular weight excluding hydrogens is 500 g/mol. The molecule has 0 saturated heterocycles. The van der Waals surface area contributed by atoms with Crippen LogP contribution in [0.25, 0.3) is 11.2 Å². The Morgan fingerprint density at radius 3 is 2.47 bits per heavy atom. The van der Waals surface area contributed by atoms with Crippen LogP contribution in [0.1, 0.15) is 65.6 Å². The molecular formula is C28H26F4N4O2. The summed E-state index contributed by atoms with van der Waals surface area (Å²) in [6, 6.07) is 9.84. The lowest BCUT2D eigenvalue weighted by Gasteiger charge is -2.30. The third kappa shape index (κ3) is 4.87. The number of fused-ring (bicyclic) bond motifs is 1. The van der Waals surface area contributed by atoms with Gasteiger partial charge in [0.05, 0.1) is 19.9 Å². The largest absolute Gasteiger partial charge is 0.495 e. The first-order valence-electron chi connectivity index (χ1n) is 12.4. The molecule has 198 valence electrons. The van der Waals surface area contributed by atoms with Gasteiger partial charge in [-0.2, -0.15) is 13.2 Å². The molecule has 0 aliphatic heterocycles. The number of halogens is 4. The smallest absolute Gasteiger partial charge is 0.434 e. The minimum Gasteiger partial charge on any atom is -0.495 e. The third-order valence-corrected chi connectivity index (χ3v) is 7.33. The van der Waals surface area contributed by atoms with Crippen molar-refractivity contribution in [3.63, 3.8) is 0 Å². The number of pyridine rings is 2. The highest BCUT2D eigenvalue weighted by Gasteiger charge is 2.34. The number of hydrogen-bond donors (Lipinski definition) is 0. The topological polar surface area (TPSA) is 69.9 Å². The van der Waals surface area contributed by atoms with E-state index in [0.717, 1.165) is 5.56 Å². The number of ether oxygens (including phenoxy) is 1. The summed E-state index contributed by atoms with van der Waals surface area (Å²) in [5.74, 6) is 0.0207. The van der Waals surface area contributed by atoms with E-state index in [9.17, 15) is 22.4 Å². The van der Waals surface area contributed by atoms with Gasteiger partial charge >= 0.3 is 6.18 Å². The molecule has 38 heavy (non-hydrogen) atoms. The van der Waals surface area contributed by atoms with Gasteiger partial charge in [0.25, 0.3) is 5.56 Å². The van der Waals surface area contributed by atoms with E-state index in [0.29, 0.717) is 54.5 Å². The number of methoxy groups -OCH3 is 1. The Labute approximate surface area is 216 Å². The Morgan fingerprint density at radius 2 is 1.79 bits per heavy atom. The van der Waals surface area contributed by atoms with Crippen molar-refractivity contribution in [2.24, 2.45) is 0 Å². The number of hydrogen-bond acceptors (Lipinski definition) is 5. The lowest BCUT2D eigenvalue weighted by molar-refractivity contribution is -0.141. The normalized spacial score (nSPS) is 18.1. The first-order chi connectivity index (χ1) is 18.2. The highest BCUT2D eigenvalue weighted by molar-refractivity contribution is 5.71. The summed E-state index contributed by atoms with van der Waals surface area (Å²) in [5.41, 5.74) is 0.942. The fraction of sp³-hybridized carbons (Fsp3) is 0.357. The maximum Gasteiger partial charge on any atom is 0.434 e. The summed E-state index contributed by atoms with van der Waals surface area (Å²) in [5, 5.41) is 0. The van der Waals surface area contributed by atoms with Gasteiger partial charge in [0, 0.05) is 11.8 Å². The molecule has 10 heteroatoms. The van der Waals surface area contributed by atoms with Crippen LogP contribution >= 0.6 is 0 Å². The van der Waals surface area contributed by atoms with Crippen LogP contribution in [0, 0.1) is 12.7 Å². The zero-order chi connectivity index (χ0) is 27.0. The highest BCUT2D eigenvalue weighted by Crippen LogP contribution is 2.42. The van der Waals surface area contributed by atoms with Crippen LogP contribution in [0.3, 0.4) is 0 Å². The molecule has 0 amide bonds. The van der Waals surface area contributed by atoms with Crippen LogP contribution in [0.15, 0.2) is 53.6 Å². The van der Waals surface area contributed by atoms with Crippen LogP contribution in [0.4, 0.5) is 17.6 Å². The lowest BCUT2D eigenvalue weighted by Crippen LogP contribution is -2.29. The van der Waals surface area contributed by atoms with E-state index in [1.807, 2.05) is 13.0 Å². The number of rotatable bonds is 5. The maximum absolute atomic E-state index is 14.6. The van der Waals surface area contributed by atoms with Crippen molar-refractivity contribution in [1.29, 1.82) is 0 Å². The van der Waals surface area contributed by atoms with E-state index in [1.54, 1.807) is 24.4 Å². The molecule has 5 rings (SSSR count). The van der Waals surface area contributed by atoms with Crippen molar-refractivity contribution in [3.05, 3.63) is 93.0 Å². The van der Waals surface area contributed by atoms with Crippen LogP contribution in [-0.4, -0.2) is 26.6 Å². The Bertz CT molecular complexity index is 1520. The molecule has 0 unspecified atom stereocenters. The fourth-order valence-corrected chi connectivity index (χ4v) is 5.47. The van der Waals surface area contributed by atoms with Crippen LogP contribution < -0.4 is 10.3 Å². The van der Waals surface area contributed by atoms with Crippen LogP contribution in [0.2, 0.25) is 0 Å². The van der Waals surface area contributed by atoms with Crippen molar-refractivity contribution in [1.82, 2.24) is 19.5 Å². The molecule has 3 heterocycles. The van der Waals surface area contributed by atoms with E-state index in [2.05, 4.69) is 15.0 Å². The Hall–Kier alpha value is -3.82. The first-order valence-corrected chi connectivity index (χ1v) is 12.4. The van der Waals surface area contributed by atoms with E-state index in [4.69, 9.17) is 4.74 Å². The predicted octanol–water partition coefficient (Wildman–Crippen LogP) is 6.15. The van der Waals surface area contributed by atoms with Gasteiger partial charge in [0.2, 0.25) is 0 Å². The van der Waals surface area contributed by atoms with Gasteiger partial charge in [0.1, 0.15) is 22.8 Å². The van der Waals surface area contributed by atoms with Gasteiger partial charge in [0.15, 0.2) is 11.3 Å². The SMILES string of the molecule is COc1cccnc1Cn1c(=O)c(C2CCC(c3c(C)cccc3F)CC2)cc2nc(C(F)(F)F)cnc21. The van der Waals surface area contributed by atoms with Crippen molar-refractivity contribution >= 4 is 11.2 Å². The van der Waals surface area contributed by atoms with Crippen LogP contribution in [-0.2, 0) is 12.7 Å². The van der Waals surface area contributed by atoms with E-state index in [1.165, 1.54) is 23.8 Å². The van der Waals surface area contributed by atoms with E-state index < -0.39 is 11.9 Å². The molecule has 1 fully saturated rings. The van der Waals surface area contributed by atoms with Gasteiger partial charge in [-0.05, 0) is 79.8 Å². The van der Waals surface area contributed by atoms with Crippen molar-refractivity contribution in [2.75, 3.05) is 7.11 Å². The number of aryl methyl sites for hydroxylation is 1. The first kappa shape index (κ1) is 25.8. The zero-order valence-corrected chi connectivity index (χ0v) is 20.9. The summed E-state index contributed by atoms with van der Waals surface area (Å²) in [7, 11) is 1.48. The summed E-state index contributed by atoms with van der Waals surface area (Å²) in [4.78, 5) is 25.9. The summed E-state index contributed by atoms with van der Waals surface area (Å²) >= 11 is 0. The Kier molecular flexibility index (Phi) is 6.90. The van der Waals surface area contributed by atoms with Gasteiger partial charge < -0.3 is 4.74 Å². The molecule has 1 saturated carbocycles. The Morgan fingerprint density at radius 1 is 1.05 bits per heavy atom. The number of alkyl halides is 3. The monoisotopic (exact) mass is 526 g/mol. The third-order valence-electron chi connectivity index (χ3n) is 7.33. The summed E-state index contributed by atoms with van der Waals surface area (Å²) in [6.07, 6.45) is 0.0154. The minimum absolute atomic E-state index is 0.0172. The van der Waals surface area contributed by atoms with E-state index in [-0.39, 0.29) is 40.9 Å². The quantitative estimate of drug-likeness (QED) is 0.292. The second-order valence-electron chi connectivity index (χ2n) is 9.62. The summed E-state index contributed by atoms with van der Waals surface area (Å²) < 4.78 is 61.6. The van der Waals surface area contributed by atoms with Crippen molar-refractivity contribution < 1.29 is 22.3 Å². The van der Waals surface area contributed by atoms with Crippen LogP contribution in [0.5, 0.6) is 5.75 Å². The fourth-order valence-electron chi connectivity index (χ4n) is 5.47. The molecule has 1 aliphatic carbocycles. The van der Waals surface area contributed by atoms with Gasteiger partial charge in [-0.1, -0.05) is 12.1 Å². The molecule has 3 aromatic heterocycles. The second kappa shape index (κ2) is 10.2. The minimum atomic E-state index is -4.68. The second-order valence-corrected chi connectivity index (χ2v) is 9.62. The van der Waals surface area contributed by atoms with Crippen molar-refractivity contribution in [2.45, 2.75) is 57.2 Å². The summed E-state index contributed by atoms with van der Waals surface area (Å²) in [6.45, 7) is 1.84. The highest BCUT2D eigenvalue weighted by atomic mass is 19.4. The van der Waals surface area contributed by atoms with Crippen molar-refractivity contribution in [3.8, 4) is 5.75 Å². The number of aromatic nitrogens is 4. The molecule has 0 N–H and O–H groups in total. The van der Waals surface area contributed by atoms with Gasteiger partial charge in [-0.3, -0.25) is 14.3 Å². The molecule has 0 atom stereocenters. The lowest BCUT2D eigenvalue weighted by atomic mass is 9.75. The average molecular weight is 527 g/mol. The number of benzene rings is 1. The molecule has 0 bridgehead atoms. The molecule has 0 spiro atoms. The van der Waals surface area contributed by atoms with Gasteiger partial charge in [-0.15, -0.1) is 0 Å². The average Bonchev–Trinajstić information content (AvgIpc) is 2.90. The Balaban J connectivity index is 1.56. The standard InChI is InChI=1S/C28H26F4N4O2/c1-16-5-3-6-20(29)25(16)18-10-8-17(9-11-18)19-13-21-26(34-14-24(35-21)28(30,31)32)36(27(19)37)15-22-23(38-2)7-4-12-33-22/h3-7,12-14,17-18H,8-11,15H2,1-2H3.